The zero-order valence-electron chi connectivity index (χ0n) is 15.2. The molecule has 12 heteroatoms. The Morgan fingerprint density at radius 3 is 2.34 bits per heavy atom. The molecule has 2 rings (SSSR count). The van der Waals surface area contributed by atoms with Crippen molar-refractivity contribution in [3.05, 3.63) is 58.6 Å². The monoisotopic (exact) mass is 560 g/mol. The molecular formula is C17H20ClF2IN4O3S. The second-order valence-electron chi connectivity index (χ2n) is 5.60. The molecule has 0 saturated carbocycles. The summed E-state index contributed by atoms with van der Waals surface area (Å²) in [6, 6.07) is 10.4. The minimum Gasteiger partial charge on any atom is -0.434 e. The maximum Gasteiger partial charge on any atom is 0.387 e. The van der Waals surface area contributed by atoms with Gasteiger partial charge < -0.3 is 15.4 Å². The molecule has 0 radical (unpaired) electrons. The van der Waals surface area contributed by atoms with Crippen molar-refractivity contribution in [2.45, 2.75) is 24.6 Å². The van der Waals surface area contributed by atoms with Crippen molar-refractivity contribution in [3.63, 3.8) is 0 Å². The zero-order chi connectivity index (χ0) is 20.7. The van der Waals surface area contributed by atoms with Gasteiger partial charge in [-0.3, -0.25) is 4.99 Å². The van der Waals surface area contributed by atoms with E-state index in [1.165, 1.54) is 30.3 Å². The Labute approximate surface area is 189 Å². The molecule has 0 heterocycles. The van der Waals surface area contributed by atoms with E-state index in [9.17, 15) is 17.2 Å². The zero-order valence-corrected chi connectivity index (χ0v) is 19.1. The Hall–Kier alpha value is -1.70. The minimum atomic E-state index is -3.74. The Bertz CT molecular complexity index is 944. The fourth-order valence-electron chi connectivity index (χ4n) is 2.28. The highest BCUT2D eigenvalue weighted by Gasteiger charge is 2.11. The average Bonchev–Trinajstić information content (AvgIpc) is 2.63. The van der Waals surface area contributed by atoms with Gasteiger partial charge in [-0.1, -0.05) is 23.7 Å². The molecule has 0 amide bonds. The smallest absolute Gasteiger partial charge is 0.387 e. The Morgan fingerprint density at radius 2 is 1.79 bits per heavy atom. The highest BCUT2D eigenvalue weighted by Crippen LogP contribution is 2.24. The van der Waals surface area contributed by atoms with Crippen molar-refractivity contribution in [1.82, 2.24) is 10.6 Å². The summed E-state index contributed by atoms with van der Waals surface area (Å²) >= 11 is 5.92. The van der Waals surface area contributed by atoms with Crippen LogP contribution in [0.3, 0.4) is 0 Å². The number of benzene rings is 2. The molecule has 7 nitrogen and oxygen atoms in total. The van der Waals surface area contributed by atoms with E-state index >= 15 is 0 Å². The van der Waals surface area contributed by atoms with Gasteiger partial charge in [0.1, 0.15) is 5.75 Å². The minimum absolute atomic E-state index is 0. The van der Waals surface area contributed by atoms with E-state index in [0.29, 0.717) is 23.1 Å². The standard InChI is InChI=1S/C17H19ClF2N4O3S.HI/c1-22-17(23-9-11-2-5-14(6-3-11)28(21,25)26)24-10-12-8-13(18)4-7-15(12)27-16(19)20;/h2-8,16H,9-10H2,1H3,(H2,21,25,26)(H2,22,23,24);1H. The summed E-state index contributed by atoms with van der Waals surface area (Å²) in [5.41, 5.74) is 1.23. The van der Waals surface area contributed by atoms with Crippen LogP contribution in [0, 0.1) is 0 Å². The number of nitrogens with zero attached hydrogens (tertiary/aromatic N) is 1. The number of guanidine groups is 1. The third-order valence-corrected chi connectivity index (χ3v) is 4.78. The molecule has 0 bridgehead atoms. The van der Waals surface area contributed by atoms with Gasteiger partial charge in [0.25, 0.3) is 0 Å². The van der Waals surface area contributed by atoms with E-state index in [0.717, 1.165) is 5.56 Å². The largest absolute Gasteiger partial charge is 0.434 e. The molecule has 0 saturated heterocycles. The molecular weight excluding hydrogens is 541 g/mol. The van der Waals surface area contributed by atoms with Crippen molar-refractivity contribution in [3.8, 4) is 5.75 Å². The molecule has 0 spiro atoms. The lowest BCUT2D eigenvalue weighted by atomic mass is 10.2. The number of aliphatic imine (C=N–C) groups is 1. The van der Waals surface area contributed by atoms with Crippen LogP contribution in [0.1, 0.15) is 11.1 Å². The van der Waals surface area contributed by atoms with Crippen molar-refractivity contribution in [2.24, 2.45) is 10.1 Å². The molecule has 160 valence electrons. The van der Waals surface area contributed by atoms with Crippen molar-refractivity contribution < 1.29 is 21.9 Å². The van der Waals surface area contributed by atoms with Gasteiger partial charge in [0.2, 0.25) is 10.0 Å². The SMILES string of the molecule is CN=C(NCc1ccc(S(N)(=O)=O)cc1)NCc1cc(Cl)ccc1OC(F)F.I. The molecule has 0 aliphatic rings. The van der Waals surface area contributed by atoms with Crippen LogP contribution in [-0.4, -0.2) is 28.0 Å². The molecule has 0 unspecified atom stereocenters. The van der Waals surface area contributed by atoms with Crippen molar-refractivity contribution in [1.29, 1.82) is 0 Å². The number of ether oxygens (including phenoxy) is 1. The normalized spacial score (nSPS) is 11.7. The molecule has 0 aliphatic carbocycles. The van der Waals surface area contributed by atoms with Crippen molar-refractivity contribution >= 4 is 51.6 Å². The molecule has 2 aromatic rings. The predicted molar refractivity (Wildman–Crippen MR) is 118 cm³/mol. The maximum atomic E-state index is 12.5. The van der Waals surface area contributed by atoms with E-state index in [-0.39, 0.29) is 41.2 Å². The molecule has 0 aromatic heterocycles. The van der Waals surface area contributed by atoms with Gasteiger partial charge in [0.15, 0.2) is 5.96 Å². The number of hydrogen-bond acceptors (Lipinski definition) is 4. The summed E-state index contributed by atoms with van der Waals surface area (Å²) in [6.45, 7) is -2.45. The Morgan fingerprint density at radius 1 is 1.17 bits per heavy atom. The molecule has 0 atom stereocenters. The number of alkyl halides is 2. The first-order valence-corrected chi connectivity index (χ1v) is 9.91. The molecule has 0 fully saturated rings. The van der Waals surface area contributed by atoms with Crippen LogP contribution < -0.4 is 20.5 Å². The first-order valence-electron chi connectivity index (χ1n) is 7.98. The number of hydrogen-bond donors (Lipinski definition) is 3. The maximum absolute atomic E-state index is 12.5. The number of rotatable bonds is 7. The summed E-state index contributed by atoms with van der Waals surface area (Å²) in [4.78, 5) is 4.06. The summed E-state index contributed by atoms with van der Waals surface area (Å²) in [7, 11) is -2.19. The van der Waals surface area contributed by atoms with Crippen LogP contribution in [0.2, 0.25) is 5.02 Å². The van der Waals surface area contributed by atoms with Gasteiger partial charge in [-0.15, -0.1) is 24.0 Å². The van der Waals surface area contributed by atoms with Gasteiger partial charge in [-0.25, -0.2) is 13.6 Å². The summed E-state index contributed by atoms with van der Waals surface area (Å²) in [5.74, 6) is 0.416. The van der Waals surface area contributed by atoms with Gasteiger partial charge in [0, 0.05) is 30.7 Å². The van der Waals surface area contributed by atoms with Crippen LogP contribution in [0.25, 0.3) is 0 Å². The van der Waals surface area contributed by atoms with Gasteiger partial charge in [-0.05, 0) is 35.9 Å². The third-order valence-electron chi connectivity index (χ3n) is 3.62. The number of nitrogens with one attached hydrogen (secondary N) is 2. The number of sulfonamides is 1. The fraction of sp³-hybridized carbons (Fsp3) is 0.235. The Kier molecular flexibility index (Phi) is 10.0. The summed E-state index contributed by atoms with van der Waals surface area (Å²) in [5, 5.41) is 11.4. The molecule has 4 N–H and O–H groups in total. The molecule has 2 aromatic carbocycles. The van der Waals surface area contributed by atoms with E-state index in [1.54, 1.807) is 19.2 Å². The number of halogens is 4. The second kappa shape index (κ2) is 11.5. The van der Waals surface area contributed by atoms with E-state index in [2.05, 4.69) is 20.4 Å². The van der Waals surface area contributed by atoms with Crippen LogP contribution in [-0.2, 0) is 23.1 Å². The van der Waals surface area contributed by atoms with Gasteiger partial charge in [0.05, 0.1) is 4.90 Å². The number of primary sulfonamides is 1. The average molecular weight is 561 g/mol. The van der Waals surface area contributed by atoms with Crippen LogP contribution in [0.15, 0.2) is 52.4 Å². The van der Waals surface area contributed by atoms with Crippen molar-refractivity contribution in [2.75, 3.05) is 7.05 Å². The van der Waals surface area contributed by atoms with Crippen LogP contribution >= 0.6 is 35.6 Å². The van der Waals surface area contributed by atoms with Gasteiger partial charge in [-0.2, -0.15) is 8.78 Å². The topological polar surface area (TPSA) is 106 Å². The fourth-order valence-corrected chi connectivity index (χ4v) is 2.99. The highest BCUT2D eigenvalue weighted by atomic mass is 127. The van der Waals surface area contributed by atoms with Gasteiger partial charge >= 0.3 is 6.61 Å². The first kappa shape index (κ1) is 25.3. The van der Waals surface area contributed by atoms with Crippen LogP contribution in [0.4, 0.5) is 8.78 Å². The quantitative estimate of drug-likeness (QED) is 0.274. The van der Waals surface area contributed by atoms with E-state index < -0.39 is 16.6 Å². The third kappa shape index (κ3) is 8.28. The van der Waals surface area contributed by atoms with E-state index in [1.807, 2.05) is 0 Å². The van der Waals surface area contributed by atoms with Crippen LogP contribution in [0.5, 0.6) is 5.75 Å². The molecule has 29 heavy (non-hydrogen) atoms. The lowest BCUT2D eigenvalue weighted by molar-refractivity contribution is -0.0504. The second-order valence-corrected chi connectivity index (χ2v) is 7.60. The lowest BCUT2D eigenvalue weighted by Crippen LogP contribution is -2.36. The first-order chi connectivity index (χ1) is 13.2. The molecule has 0 aliphatic heterocycles. The predicted octanol–water partition coefficient (Wildman–Crippen LogP) is 3.07. The van der Waals surface area contributed by atoms with E-state index in [4.69, 9.17) is 16.7 Å². The highest BCUT2D eigenvalue weighted by molar-refractivity contribution is 14.0. The lowest BCUT2D eigenvalue weighted by Gasteiger charge is -2.15. The number of nitrogens with two attached hydrogens (primary N) is 1. The summed E-state index contributed by atoms with van der Waals surface area (Å²) in [6.07, 6.45) is 0. The Balaban J connectivity index is 0.00000420. The summed E-state index contributed by atoms with van der Waals surface area (Å²) < 4.78 is 52.0.